The molecule has 0 saturated heterocycles. The number of halogens is 2. The number of aromatic nitrogens is 1. The summed E-state index contributed by atoms with van der Waals surface area (Å²) in [6.45, 7) is 0. The average Bonchev–Trinajstić information content (AvgIpc) is 3.00. The van der Waals surface area contributed by atoms with Crippen molar-refractivity contribution in [2.75, 3.05) is 5.32 Å². The molecule has 2 heterocycles. The predicted molar refractivity (Wildman–Crippen MR) is 87.1 cm³/mol. The van der Waals surface area contributed by atoms with Gasteiger partial charge in [-0.15, -0.1) is 0 Å². The second-order valence-corrected chi connectivity index (χ2v) is 6.39. The number of pyridine rings is 1. The van der Waals surface area contributed by atoms with Gasteiger partial charge in [0.05, 0.1) is 16.8 Å². The SMILES string of the molecule is Clc1ccc(Cl)c2c1N[C@@H](c1cccnc1)[C@@H]1CC=C[C@H]21. The van der Waals surface area contributed by atoms with Gasteiger partial charge in [-0.1, -0.05) is 41.4 Å². The summed E-state index contributed by atoms with van der Waals surface area (Å²) in [6, 6.07) is 8.04. The molecule has 106 valence electrons. The van der Waals surface area contributed by atoms with Gasteiger partial charge < -0.3 is 5.32 Å². The van der Waals surface area contributed by atoms with Crippen LogP contribution in [0.5, 0.6) is 0 Å². The second kappa shape index (κ2) is 5.04. The maximum absolute atomic E-state index is 6.43. The van der Waals surface area contributed by atoms with E-state index in [2.05, 4.69) is 28.5 Å². The van der Waals surface area contributed by atoms with Crippen LogP contribution in [-0.2, 0) is 0 Å². The lowest BCUT2D eigenvalue weighted by Gasteiger charge is -2.38. The van der Waals surface area contributed by atoms with Crippen LogP contribution in [0, 0.1) is 5.92 Å². The highest BCUT2D eigenvalue weighted by Crippen LogP contribution is 2.53. The summed E-state index contributed by atoms with van der Waals surface area (Å²) in [7, 11) is 0. The highest BCUT2D eigenvalue weighted by molar-refractivity contribution is 6.36. The lowest BCUT2D eigenvalue weighted by molar-refractivity contribution is 0.425. The third-order valence-electron chi connectivity index (χ3n) is 4.46. The van der Waals surface area contributed by atoms with Crippen molar-refractivity contribution in [1.29, 1.82) is 0 Å². The molecule has 1 aromatic carbocycles. The Balaban J connectivity index is 1.86. The second-order valence-electron chi connectivity index (χ2n) is 5.58. The molecular formula is C17H14Cl2N2. The molecule has 4 heteroatoms. The zero-order valence-electron chi connectivity index (χ0n) is 11.3. The fraction of sp³-hybridized carbons (Fsp3) is 0.235. The number of fused-ring (bicyclic) bond motifs is 3. The van der Waals surface area contributed by atoms with Crippen molar-refractivity contribution in [1.82, 2.24) is 4.98 Å². The third-order valence-corrected chi connectivity index (χ3v) is 5.10. The van der Waals surface area contributed by atoms with Crippen LogP contribution in [-0.4, -0.2) is 4.98 Å². The van der Waals surface area contributed by atoms with Crippen molar-refractivity contribution < 1.29 is 0 Å². The van der Waals surface area contributed by atoms with Crippen LogP contribution in [0.25, 0.3) is 0 Å². The van der Waals surface area contributed by atoms with Crippen molar-refractivity contribution in [3.8, 4) is 0 Å². The van der Waals surface area contributed by atoms with E-state index < -0.39 is 0 Å². The van der Waals surface area contributed by atoms with Crippen LogP contribution in [0.3, 0.4) is 0 Å². The first-order valence-corrected chi connectivity index (χ1v) is 7.82. The minimum absolute atomic E-state index is 0.210. The maximum Gasteiger partial charge on any atom is 0.0641 e. The number of anilines is 1. The van der Waals surface area contributed by atoms with Crippen LogP contribution < -0.4 is 5.32 Å². The molecular weight excluding hydrogens is 303 g/mol. The molecule has 1 N–H and O–H groups in total. The van der Waals surface area contributed by atoms with Crippen LogP contribution in [0.15, 0.2) is 48.8 Å². The molecule has 2 aromatic rings. The predicted octanol–water partition coefficient (Wildman–Crippen LogP) is 5.21. The summed E-state index contributed by atoms with van der Waals surface area (Å²) in [5, 5.41) is 5.11. The van der Waals surface area contributed by atoms with Gasteiger partial charge in [-0.2, -0.15) is 0 Å². The van der Waals surface area contributed by atoms with Gasteiger partial charge in [-0.25, -0.2) is 0 Å². The average molecular weight is 317 g/mol. The van der Waals surface area contributed by atoms with Crippen molar-refractivity contribution in [2.24, 2.45) is 5.92 Å². The Labute approximate surface area is 133 Å². The quantitative estimate of drug-likeness (QED) is 0.730. The fourth-order valence-electron chi connectivity index (χ4n) is 3.52. The zero-order valence-corrected chi connectivity index (χ0v) is 12.8. The van der Waals surface area contributed by atoms with Gasteiger partial charge in [0.25, 0.3) is 0 Å². The topological polar surface area (TPSA) is 24.9 Å². The molecule has 2 nitrogen and oxygen atoms in total. The van der Waals surface area contributed by atoms with Crippen molar-refractivity contribution in [2.45, 2.75) is 18.4 Å². The molecule has 1 aliphatic carbocycles. The van der Waals surface area contributed by atoms with E-state index >= 15 is 0 Å². The van der Waals surface area contributed by atoms with E-state index in [1.165, 1.54) is 5.56 Å². The molecule has 0 saturated carbocycles. The van der Waals surface area contributed by atoms with E-state index in [4.69, 9.17) is 23.2 Å². The van der Waals surface area contributed by atoms with Gasteiger partial charge >= 0.3 is 0 Å². The van der Waals surface area contributed by atoms with Crippen molar-refractivity contribution in [3.63, 3.8) is 0 Å². The largest absolute Gasteiger partial charge is 0.376 e. The summed E-state index contributed by atoms with van der Waals surface area (Å²) >= 11 is 12.8. The lowest BCUT2D eigenvalue weighted by Crippen LogP contribution is -2.29. The molecule has 0 fully saturated rings. The van der Waals surface area contributed by atoms with E-state index in [0.29, 0.717) is 11.8 Å². The fourth-order valence-corrected chi connectivity index (χ4v) is 4.02. The Bertz CT molecular complexity index is 712. The minimum atomic E-state index is 0.210. The number of nitrogens with zero attached hydrogens (tertiary/aromatic N) is 1. The van der Waals surface area contributed by atoms with E-state index in [-0.39, 0.29) is 6.04 Å². The summed E-state index contributed by atoms with van der Waals surface area (Å²) in [6.07, 6.45) is 9.27. The van der Waals surface area contributed by atoms with Gasteiger partial charge in [0.1, 0.15) is 0 Å². The standard InChI is InChI=1S/C17H14Cl2N2/c18-13-6-7-14(19)17-15(13)11-4-1-5-12(11)16(21-17)10-3-2-8-20-9-10/h1-4,6-9,11-12,16,21H,5H2/t11-,12+,16-/m0/s1. The van der Waals surface area contributed by atoms with Gasteiger partial charge in [-0.3, -0.25) is 4.98 Å². The van der Waals surface area contributed by atoms with Gasteiger partial charge in [0.15, 0.2) is 0 Å². The van der Waals surface area contributed by atoms with Crippen LogP contribution in [0.1, 0.15) is 29.5 Å². The van der Waals surface area contributed by atoms with Crippen LogP contribution in [0.4, 0.5) is 5.69 Å². The van der Waals surface area contributed by atoms with E-state index in [0.717, 1.165) is 27.7 Å². The summed E-state index contributed by atoms with van der Waals surface area (Å²) in [5.74, 6) is 0.773. The molecule has 0 radical (unpaired) electrons. The van der Waals surface area contributed by atoms with E-state index in [1.54, 1.807) is 6.20 Å². The summed E-state index contributed by atoms with van der Waals surface area (Å²) < 4.78 is 0. The molecule has 2 aliphatic rings. The monoisotopic (exact) mass is 316 g/mol. The Hall–Kier alpha value is -1.51. The molecule has 1 aliphatic heterocycles. The normalized spacial score (nSPS) is 26.1. The first-order valence-electron chi connectivity index (χ1n) is 7.06. The molecule has 0 amide bonds. The lowest BCUT2D eigenvalue weighted by atomic mass is 9.77. The van der Waals surface area contributed by atoms with Crippen molar-refractivity contribution >= 4 is 28.9 Å². The maximum atomic E-state index is 6.43. The Morgan fingerprint density at radius 2 is 2.00 bits per heavy atom. The number of hydrogen-bond donors (Lipinski definition) is 1. The van der Waals surface area contributed by atoms with Gasteiger partial charge in [-0.05, 0) is 36.1 Å². The molecule has 0 unspecified atom stereocenters. The molecule has 0 spiro atoms. The molecule has 0 bridgehead atoms. The molecule has 1 aromatic heterocycles. The van der Waals surface area contributed by atoms with Gasteiger partial charge in [0.2, 0.25) is 0 Å². The van der Waals surface area contributed by atoms with Crippen molar-refractivity contribution in [3.05, 3.63) is 70.0 Å². The Morgan fingerprint density at radius 3 is 2.81 bits per heavy atom. The van der Waals surface area contributed by atoms with Crippen LogP contribution >= 0.6 is 23.2 Å². The van der Waals surface area contributed by atoms with E-state index in [1.807, 2.05) is 24.4 Å². The first kappa shape index (κ1) is 13.2. The first-order chi connectivity index (χ1) is 10.3. The van der Waals surface area contributed by atoms with Crippen LogP contribution in [0.2, 0.25) is 10.0 Å². The number of benzene rings is 1. The number of nitrogens with one attached hydrogen (secondary N) is 1. The smallest absolute Gasteiger partial charge is 0.0641 e. The highest BCUT2D eigenvalue weighted by Gasteiger charge is 2.39. The highest BCUT2D eigenvalue weighted by atomic mass is 35.5. The molecule has 3 atom stereocenters. The number of hydrogen-bond acceptors (Lipinski definition) is 2. The summed E-state index contributed by atoms with van der Waals surface area (Å²) in [5.41, 5.74) is 3.28. The van der Waals surface area contributed by atoms with E-state index in [9.17, 15) is 0 Å². The molecule has 4 rings (SSSR count). The third kappa shape index (κ3) is 2.05. The Morgan fingerprint density at radius 1 is 1.14 bits per heavy atom. The zero-order chi connectivity index (χ0) is 14.4. The minimum Gasteiger partial charge on any atom is -0.376 e. The summed E-state index contributed by atoms with van der Waals surface area (Å²) in [4.78, 5) is 4.25. The van der Waals surface area contributed by atoms with Gasteiger partial charge in [0, 0.05) is 28.9 Å². The number of rotatable bonds is 1. The Kier molecular flexibility index (Phi) is 3.16. The molecule has 21 heavy (non-hydrogen) atoms. The number of allylic oxidation sites excluding steroid dienone is 2.